The molecular weight excluding hydrogens is 462 g/mol. The lowest BCUT2D eigenvalue weighted by atomic mass is 10.1. The van der Waals surface area contributed by atoms with Gasteiger partial charge in [0.15, 0.2) is 11.0 Å². The van der Waals surface area contributed by atoms with Gasteiger partial charge in [0.25, 0.3) is 5.91 Å². The number of rotatable bonds is 10. The maximum Gasteiger partial charge on any atom is 0.253 e. The molecular formula is C26H25N5O3S. The number of hydrogen-bond donors (Lipinski definition) is 2. The minimum absolute atomic E-state index is 0.0968. The van der Waals surface area contributed by atoms with Crippen LogP contribution in [0.2, 0.25) is 0 Å². The largest absolute Gasteiger partial charge is 0.469 e. The third kappa shape index (κ3) is 5.88. The van der Waals surface area contributed by atoms with Crippen LogP contribution in [-0.2, 0) is 17.9 Å². The summed E-state index contributed by atoms with van der Waals surface area (Å²) >= 11 is 1.26. The molecule has 0 aliphatic rings. The zero-order chi connectivity index (χ0) is 24.6. The Morgan fingerprint density at radius 2 is 1.86 bits per heavy atom. The number of aromatic nitrogens is 3. The Morgan fingerprint density at radius 1 is 1.09 bits per heavy atom. The maximum absolute atomic E-state index is 12.8. The number of furan rings is 1. The molecule has 0 fully saturated rings. The Morgan fingerprint density at radius 3 is 2.60 bits per heavy atom. The normalized spacial score (nSPS) is 10.7. The fourth-order valence-electron chi connectivity index (χ4n) is 3.49. The van der Waals surface area contributed by atoms with Crippen LogP contribution in [0.4, 0.5) is 5.69 Å². The van der Waals surface area contributed by atoms with E-state index in [9.17, 15) is 9.59 Å². The quantitative estimate of drug-likeness (QED) is 0.248. The Balaban J connectivity index is 1.41. The van der Waals surface area contributed by atoms with Crippen molar-refractivity contribution in [1.29, 1.82) is 0 Å². The molecule has 35 heavy (non-hydrogen) atoms. The molecule has 2 aromatic heterocycles. The Labute approximate surface area is 207 Å². The van der Waals surface area contributed by atoms with Gasteiger partial charge in [0, 0.05) is 13.1 Å². The lowest BCUT2D eigenvalue weighted by molar-refractivity contribution is -0.113. The molecule has 2 amide bonds. The lowest BCUT2D eigenvalue weighted by Crippen LogP contribution is -2.25. The van der Waals surface area contributed by atoms with Crippen molar-refractivity contribution in [2.75, 3.05) is 11.1 Å². The van der Waals surface area contributed by atoms with Crippen molar-refractivity contribution in [3.05, 3.63) is 96.5 Å². The molecule has 0 aliphatic carbocycles. The van der Waals surface area contributed by atoms with E-state index in [1.54, 1.807) is 36.6 Å². The van der Waals surface area contributed by atoms with Gasteiger partial charge in [0.05, 0.1) is 28.8 Å². The Bertz CT molecular complexity index is 1330. The molecule has 0 spiro atoms. The van der Waals surface area contributed by atoms with Gasteiger partial charge in [0.1, 0.15) is 5.76 Å². The maximum atomic E-state index is 12.8. The minimum Gasteiger partial charge on any atom is -0.469 e. The fraction of sp³-hybridized carbons (Fsp3) is 0.154. The average Bonchev–Trinajstić information content (AvgIpc) is 3.47. The van der Waals surface area contributed by atoms with Gasteiger partial charge in [-0.2, -0.15) is 0 Å². The van der Waals surface area contributed by atoms with Crippen LogP contribution in [0.5, 0.6) is 0 Å². The van der Waals surface area contributed by atoms with E-state index in [-0.39, 0.29) is 17.6 Å². The zero-order valence-electron chi connectivity index (χ0n) is 19.2. The molecule has 2 aromatic carbocycles. The van der Waals surface area contributed by atoms with Gasteiger partial charge < -0.3 is 15.1 Å². The topological polar surface area (TPSA) is 102 Å². The SMILES string of the molecule is C=CCn1c(SCC(=O)Nc2ccccc2C(=O)NCc2ccccc2)nnc1-c1ccoc1C. The highest BCUT2D eigenvalue weighted by atomic mass is 32.2. The van der Waals surface area contributed by atoms with Gasteiger partial charge in [0.2, 0.25) is 5.91 Å². The number of thioether (sulfide) groups is 1. The predicted octanol–water partition coefficient (Wildman–Crippen LogP) is 4.69. The number of nitrogens with zero attached hydrogens (tertiary/aromatic N) is 3. The van der Waals surface area contributed by atoms with Crippen molar-refractivity contribution >= 4 is 29.3 Å². The van der Waals surface area contributed by atoms with Crippen LogP contribution in [0.1, 0.15) is 21.7 Å². The van der Waals surface area contributed by atoms with Crippen LogP contribution < -0.4 is 10.6 Å². The second-order valence-electron chi connectivity index (χ2n) is 7.65. The number of para-hydroxylation sites is 1. The standard InChI is InChI=1S/C26H25N5O3S/c1-3-14-31-24(20-13-15-34-18(20)2)29-30-26(31)35-17-23(32)28-22-12-8-7-11-21(22)25(33)27-16-19-9-5-4-6-10-19/h3-13,15H,1,14,16-17H2,2H3,(H,27,33)(H,28,32). The molecule has 0 unspecified atom stereocenters. The van der Waals surface area contributed by atoms with Crippen LogP contribution >= 0.6 is 11.8 Å². The molecule has 0 saturated carbocycles. The number of nitrogens with one attached hydrogen (secondary N) is 2. The molecule has 0 bridgehead atoms. The van der Waals surface area contributed by atoms with E-state index in [1.807, 2.05) is 47.9 Å². The van der Waals surface area contributed by atoms with E-state index in [2.05, 4.69) is 27.4 Å². The molecule has 2 heterocycles. The summed E-state index contributed by atoms with van der Waals surface area (Å²) in [5, 5.41) is 14.9. The summed E-state index contributed by atoms with van der Waals surface area (Å²) in [5.41, 5.74) is 2.68. The van der Waals surface area contributed by atoms with Gasteiger partial charge >= 0.3 is 0 Å². The van der Waals surface area contributed by atoms with Gasteiger partial charge in [-0.3, -0.25) is 14.2 Å². The Kier molecular flexibility index (Phi) is 7.79. The summed E-state index contributed by atoms with van der Waals surface area (Å²) in [7, 11) is 0. The van der Waals surface area contributed by atoms with Gasteiger partial charge in [-0.05, 0) is 30.7 Å². The fourth-order valence-corrected chi connectivity index (χ4v) is 4.23. The second-order valence-corrected chi connectivity index (χ2v) is 8.59. The number of allylic oxidation sites excluding steroid dienone is 1. The highest BCUT2D eigenvalue weighted by molar-refractivity contribution is 7.99. The third-order valence-corrected chi connectivity index (χ3v) is 6.17. The Hall–Kier alpha value is -4.11. The molecule has 0 atom stereocenters. The zero-order valence-corrected chi connectivity index (χ0v) is 20.0. The van der Waals surface area contributed by atoms with Gasteiger partial charge in [-0.25, -0.2) is 0 Å². The van der Waals surface area contributed by atoms with E-state index in [1.165, 1.54) is 11.8 Å². The summed E-state index contributed by atoms with van der Waals surface area (Å²) in [5.74, 6) is 0.967. The first-order valence-electron chi connectivity index (χ1n) is 11.0. The molecule has 4 rings (SSSR count). The van der Waals surface area contributed by atoms with E-state index in [0.717, 1.165) is 16.9 Å². The monoisotopic (exact) mass is 487 g/mol. The first-order valence-corrected chi connectivity index (χ1v) is 12.0. The molecule has 8 nitrogen and oxygen atoms in total. The van der Waals surface area contributed by atoms with Crippen LogP contribution in [0, 0.1) is 6.92 Å². The summed E-state index contributed by atoms with van der Waals surface area (Å²) in [4.78, 5) is 25.5. The highest BCUT2D eigenvalue weighted by Gasteiger charge is 2.18. The number of amides is 2. The van der Waals surface area contributed by atoms with Crippen molar-refractivity contribution in [3.8, 4) is 11.4 Å². The number of anilines is 1. The lowest BCUT2D eigenvalue weighted by Gasteiger charge is -2.12. The number of aryl methyl sites for hydroxylation is 1. The van der Waals surface area contributed by atoms with Crippen molar-refractivity contribution in [3.63, 3.8) is 0 Å². The summed E-state index contributed by atoms with van der Waals surface area (Å²) in [6.45, 7) is 6.55. The molecule has 4 aromatic rings. The van der Waals surface area contributed by atoms with Crippen molar-refractivity contribution in [1.82, 2.24) is 20.1 Å². The summed E-state index contributed by atoms with van der Waals surface area (Å²) in [6, 6.07) is 18.4. The van der Waals surface area contributed by atoms with Crippen LogP contribution in [0.3, 0.4) is 0 Å². The van der Waals surface area contributed by atoms with Crippen molar-refractivity contribution in [2.24, 2.45) is 0 Å². The second kappa shape index (κ2) is 11.3. The first-order chi connectivity index (χ1) is 17.1. The van der Waals surface area contributed by atoms with E-state index in [4.69, 9.17) is 4.42 Å². The molecule has 178 valence electrons. The predicted molar refractivity (Wildman–Crippen MR) is 136 cm³/mol. The van der Waals surface area contributed by atoms with Crippen molar-refractivity contribution in [2.45, 2.75) is 25.2 Å². The van der Waals surface area contributed by atoms with Crippen LogP contribution in [0.15, 0.2) is 89.2 Å². The van der Waals surface area contributed by atoms with Crippen molar-refractivity contribution < 1.29 is 14.0 Å². The molecule has 0 aliphatic heterocycles. The molecule has 0 saturated heterocycles. The smallest absolute Gasteiger partial charge is 0.253 e. The molecule has 9 heteroatoms. The van der Waals surface area contributed by atoms with E-state index < -0.39 is 0 Å². The first kappa shape index (κ1) is 24.0. The minimum atomic E-state index is -0.261. The van der Waals surface area contributed by atoms with Crippen LogP contribution in [0.25, 0.3) is 11.4 Å². The molecule has 2 N–H and O–H groups in total. The number of benzene rings is 2. The van der Waals surface area contributed by atoms with Gasteiger partial charge in [-0.15, -0.1) is 16.8 Å². The summed E-state index contributed by atoms with van der Waals surface area (Å²) in [6.07, 6.45) is 3.35. The third-order valence-electron chi connectivity index (χ3n) is 5.20. The number of carbonyl (C=O) groups is 2. The van der Waals surface area contributed by atoms with E-state index >= 15 is 0 Å². The summed E-state index contributed by atoms with van der Waals surface area (Å²) < 4.78 is 7.27. The van der Waals surface area contributed by atoms with Gasteiger partial charge in [-0.1, -0.05) is 60.3 Å². The number of carbonyl (C=O) groups excluding carboxylic acids is 2. The number of hydrogen-bond acceptors (Lipinski definition) is 6. The average molecular weight is 488 g/mol. The highest BCUT2D eigenvalue weighted by Crippen LogP contribution is 2.27. The van der Waals surface area contributed by atoms with Crippen LogP contribution in [-0.4, -0.2) is 32.3 Å². The molecule has 0 radical (unpaired) electrons. The van der Waals surface area contributed by atoms with E-state index in [0.29, 0.717) is 35.3 Å².